The number of ether oxygens (including phenoxy) is 1. The van der Waals surface area contributed by atoms with Crippen molar-refractivity contribution in [2.45, 2.75) is 37.1 Å². The highest BCUT2D eigenvalue weighted by molar-refractivity contribution is 7.89. The molecule has 8 nitrogen and oxygen atoms in total. The van der Waals surface area contributed by atoms with E-state index >= 15 is 0 Å². The van der Waals surface area contributed by atoms with Gasteiger partial charge in [0, 0.05) is 31.4 Å². The average molecular weight is 457 g/mol. The molecule has 1 aromatic rings. The highest BCUT2D eigenvalue weighted by Crippen LogP contribution is 2.25. The van der Waals surface area contributed by atoms with E-state index in [4.69, 9.17) is 15.6 Å². The molecule has 0 spiro atoms. The van der Waals surface area contributed by atoms with Gasteiger partial charge in [-0.25, -0.2) is 13.6 Å². The van der Waals surface area contributed by atoms with Crippen molar-refractivity contribution < 1.29 is 17.9 Å². The molecule has 0 aliphatic carbocycles. The third-order valence-corrected chi connectivity index (χ3v) is 5.33. The first-order chi connectivity index (χ1) is 12.4. The number of morpholine rings is 1. The van der Waals surface area contributed by atoms with Crippen LogP contribution in [0.2, 0.25) is 0 Å². The Balaban J connectivity index is 0.00000364. The van der Waals surface area contributed by atoms with E-state index in [9.17, 15) is 13.2 Å². The number of rotatable bonds is 8. The maximum atomic E-state index is 12.9. The lowest BCUT2D eigenvalue weighted by atomic mass is 10.1. The molecule has 11 heteroatoms. The fraction of sp³-hybridized carbons (Fsp3) is 0.588. The molecular formula is C17H30Cl2N4O4S. The zero-order valence-corrected chi connectivity index (χ0v) is 18.4. The highest BCUT2D eigenvalue weighted by Gasteiger charge is 2.23. The predicted octanol–water partition coefficient (Wildman–Crippen LogP) is 1.26. The summed E-state index contributed by atoms with van der Waals surface area (Å²) < 4.78 is 28.8. The number of nitrogens with zero attached hydrogens (tertiary/aromatic N) is 1. The van der Waals surface area contributed by atoms with Crippen molar-refractivity contribution in [3.05, 3.63) is 23.8 Å². The van der Waals surface area contributed by atoms with Crippen LogP contribution in [0, 0.1) is 0 Å². The van der Waals surface area contributed by atoms with Crippen LogP contribution < -0.4 is 21.1 Å². The molecule has 0 aromatic heterocycles. The number of anilines is 1. The number of carbonyl (C=O) groups is 1. The number of amides is 1. The normalized spacial score (nSPS) is 15.2. The summed E-state index contributed by atoms with van der Waals surface area (Å²) in [6.45, 7) is 4.77. The van der Waals surface area contributed by atoms with Crippen LogP contribution in [0.5, 0.6) is 0 Å². The van der Waals surface area contributed by atoms with Crippen molar-refractivity contribution in [3.63, 3.8) is 0 Å². The monoisotopic (exact) mass is 456 g/mol. The summed E-state index contributed by atoms with van der Waals surface area (Å²) in [7, 11) is -3.90. The second-order valence-corrected chi connectivity index (χ2v) is 7.93. The van der Waals surface area contributed by atoms with Gasteiger partial charge in [0.25, 0.3) is 5.91 Å². The van der Waals surface area contributed by atoms with Crippen LogP contribution in [0.3, 0.4) is 0 Å². The molecule has 1 aliphatic rings. The molecule has 1 atom stereocenters. The van der Waals surface area contributed by atoms with Gasteiger partial charge in [-0.2, -0.15) is 0 Å². The molecule has 1 unspecified atom stereocenters. The van der Waals surface area contributed by atoms with Crippen LogP contribution in [-0.2, 0) is 14.8 Å². The van der Waals surface area contributed by atoms with Crippen molar-refractivity contribution in [2.24, 2.45) is 10.9 Å². The topological polar surface area (TPSA) is 128 Å². The van der Waals surface area contributed by atoms with E-state index in [-0.39, 0.29) is 47.2 Å². The lowest BCUT2D eigenvalue weighted by Crippen LogP contribution is -2.42. The summed E-state index contributed by atoms with van der Waals surface area (Å²) in [4.78, 5) is 14.8. The van der Waals surface area contributed by atoms with Gasteiger partial charge >= 0.3 is 0 Å². The van der Waals surface area contributed by atoms with E-state index in [1.165, 1.54) is 12.1 Å². The minimum atomic E-state index is -3.90. The Bertz CT molecular complexity index is 728. The highest BCUT2D eigenvalue weighted by atomic mass is 35.5. The van der Waals surface area contributed by atoms with Gasteiger partial charge in [-0.15, -0.1) is 24.8 Å². The van der Waals surface area contributed by atoms with E-state index in [1.807, 2.05) is 4.90 Å². The first-order valence-electron chi connectivity index (χ1n) is 8.87. The quantitative estimate of drug-likeness (QED) is 0.539. The Morgan fingerprint density at radius 3 is 2.46 bits per heavy atom. The lowest BCUT2D eigenvalue weighted by molar-refractivity contribution is 0.0934. The van der Waals surface area contributed by atoms with E-state index in [1.54, 1.807) is 6.07 Å². The molecule has 5 N–H and O–H groups in total. The largest absolute Gasteiger partial charge is 0.378 e. The number of nitrogens with one attached hydrogen (secondary N) is 1. The maximum absolute atomic E-state index is 12.9. The molecule has 1 fully saturated rings. The van der Waals surface area contributed by atoms with Crippen LogP contribution in [0.1, 0.15) is 36.5 Å². The third-order valence-electron chi connectivity index (χ3n) is 4.42. The molecule has 0 bridgehead atoms. The number of halogens is 2. The van der Waals surface area contributed by atoms with E-state index in [0.717, 1.165) is 19.3 Å². The second-order valence-electron chi connectivity index (χ2n) is 6.37. The van der Waals surface area contributed by atoms with Gasteiger partial charge in [0.15, 0.2) is 0 Å². The Labute approximate surface area is 179 Å². The standard InChI is InChI=1S/C17H28N4O4S.2ClH/c1-2-3-4-13(12-18)20-17(22)15-11-14(26(19,23)24)5-6-16(15)21-7-9-25-10-8-21;;/h5-6,11,13H,2-4,7-10,12,18H2,1H3,(H,20,22)(H2,19,23,24);2*1H. The number of primary sulfonamides is 1. The summed E-state index contributed by atoms with van der Waals surface area (Å²) in [6.07, 6.45) is 2.74. The summed E-state index contributed by atoms with van der Waals surface area (Å²) in [5.41, 5.74) is 6.72. The summed E-state index contributed by atoms with van der Waals surface area (Å²) in [5, 5.41) is 8.15. The number of carbonyl (C=O) groups excluding carboxylic acids is 1. The zero-order chi connectivity index (χ0) is 19.2. The molecule has 1 heterocycles. The first-order valence-corrected chi connectivity index (χ1v) is 10.4. The molecular weight excluding hydrogens is 427 g/mol. The maximum Gasteiger partial charge on any atom is 0.253 e. The average Bonchev–Trinajstić information content (AvgIpc) is 2.64. The zero-order valence-electron chi connectivity index (χ0n) is 15.9. The molecule has 162 valence electrons. The smallest absolute Gasteiger partial charge is 0.253 e. The fourth-order valence-corrected chi connectivity index (χ4v) is 3.46. The molecule has 1 aromatic carbocycles. The van der Waals surface area contributed by atoms with Gasteiger partial charge in [-0.05, 0) is 24.6 Å². The van der Waals surface area contributed by atoms with Gasteiger partial charge in [-0.1, -0.05) is 19.8 Å². The molecule has 2 rings (SSSR count). The van der Waals surface area contributed by atoms with Crippen LogP contribution in [0.4, 0.5) is 5.69 Å². The summed E-state index contributed by atoms with van der Waals surface area (Å²) in [6, 6.07) is 4.24. The molecule has 1 aliphatic heterocycles. The van der Waals surface area contributed by atoms with Gasteiger partial charge in [0.05, 0.1) is 23.7 Å². The molecule has 1 saturated heterocycles. The van der Waals surface area contributed by atoms with Crippen LogP contribution in [-0.4, -0.2) is 53.2 Å². The minimum Gasteiger partial charge on any atom is -0.378 e. The van der Waals surface area contributed by atoms with E-state index < -0.39 is 10.0 Å². The van der Waals surface area contributed by atoms with Gasteiger partial charge in [0.1, 0.15) is 0 Å². The number of sulfonamides is 1. The number of unbranched alkanes of at least 4 members (excludes halogenated alkanes) is 1. The predicted molar refractivity (Wildman–Crippen MR) is 115 cm³/mol. The number of hydrogen-bond donors (Lipinski definition) is 3. The number of hydrogen-bond acceptors (Lipinski definition) is 6. The minimum absolute atomic E-state index is 0. The van der Waals surface area contributed by atoms with Crippen LogP contribution in [0.15, 0.2) is 23.1 Å². The number of benzene rings is 1. The van der Waals surface area contributed by atoms with Crippen molar-refractivity contribution in [1.82, 2.24) is 5.32 Å². The molecule has 0 saturated carbocycles. The molecule has 1 amide bonds. The Morgan fingerprint density at radius 1 is 1.29 bits per heavy atom. The molecule has 0 radical (unpaired) electrons. The number of nitrogens with two attached hydrogens (primary N) is 2. The second kappa shape index (κ2) is 12.5. The first kappa shape index (κ1) is 26.9. The van der Waals surface area contributed by atoms with E-state index in [0.29, 0.717) is 38.5 Å². The SMILES string of the molecule is CCCCC(CN)NC(=O)c1cc(S(N)(=O)=O)ccc1N1CCOCC1.Cl.Cl. The van der Waals surface area contributed by atoms with Crippen molar-refractivity contribution >= 4 is 46.4 Å². The lowest BCUT2D eigenvalue weighted by Gasteiger charge is -2.31. The Morgan fingerprint density at radius 2 is 1.93 bits per heavy atom. The van der Waals surface area contributed by atoms with Crippen molar-refractivity contribution in [2.75, 3.05) is 37.7 Å². The summed E-state index contributed by atoms with van der Waals surface area (Å²) >= 11 is 0. The Hall–Kier alpha value is -1.10. The van der Waals surface area contributed by atoms with Crippen molar-refractivity contribution in [1.29, 1.82) is 0 Å². The fourth-order valence-electron chi connectivity index (χ4n) is 2.92. The van der Waals surface area contributed by atoms with Crippen LogP contribution in [0.25, 0.3) is 0 Å². The van der Waals surface area contributed by atoms with Crippen molar-refractivity contribution in [3.8, 4) is 0 Å². The summed E-state index contributed by atoms with van der Waals surface area (Å²) in [5.74, 6) is -0.344. The van der Waals surface area contributed by atoms with Gasteiger partial charge in [0.2, 0.25) is 10.0 Å². The third kappa shape index (κ3) is 7.38. The van der Waals surface area contributed by atoms with E-state index in [2.05, 4.69) is 12.2 Å². The van der Waals surface area contributed by atoms with Gasteiger partial charge in [-0.3, -0.25) is 4.79 Å². The van der Waals surface area contributed by atoms with Crippen LogP contribution >= 0.6 is 24.8 Å². The Kier molecular flexibility index (Phi) is 12.0. The van der Waals surface area contributed by atoms with Gasteiger partial charge < -0.3 is 20.7 Å². The molecule has 28 heavy (non-hydrogen) atoms.